The van der Waals surface area contributed by atoms with Crippen LogP contribution < -0.4 is 9.47 Å². The maximum atomic E-state index is 11.9. The summed E-state index contributed by atoms with van der Waals surface area (Å²) in [6.07, 6.45) is 3.86. The molecule has 0 amide bonds. The Kier molecular flexibility index (Phi) is 4.50. The van der Waals surface area contributed by atoms with Crippen LogP contribution in [0.4, 0.5) is 5.69 Å². The molecule has 0 bridgehead atoms. The van der Waals surface area contributed by atoms with E-state index in [0.717, 1.165) is 6.08 Å². The first-order chi connectivity index (χ1) is 13.6. The first-order valence-electron chi connectivity index (χ1n) is 8.02. The lowest BCUT2D eigenvalue weighted by Gasteiger charge is -2.01. The number of carbonyl (C=O) groups excluding carboxylic acids is 1. The molecule has 2 aromatic heterocycles. The molecule has 10 nitrogen and oxygen atoms in total. The normalized spacial score (nSPS) is 12.4. The SMILES string of the molecule is O=C(/C=C/c1cc2c(cc1[N+](=O)[O-])OCO2)OCc1cc(-c2ccco2)on1. The average Bonchev–Trinajstić information content (AvgIpc) is 3.44. The number of esters is 1. The lowest BCUT2D eigenvalue weighted by Crippen LogP contribution is -2.01. The number of rotatable bonds is 6. The Morgan fingerprint density at radius 2 is 2.07 bits per heavy atom. The fraction of sp³-hybridized carbons (Fsp3) is 0.111. The maximum absolute atomic E-state index is 11.9. The smallest absolute Gasteiger partial charge is 0.331 e. The van der Waals surface area contributed by atoms with E-state index >= 15 is 0 Å². The van der Waals surface area contributed by atoms with Crippen LogP contribution in [0.2, 0.25) is 0 Å². The van der Waals surface area contributed by atoms with Gasteiger partial charge >= 0.3 is 5.97 Å². The van der Waals surface area contributed by atoms with E-state index in [4.69, 9.17) is 23.2 Å². The van der Waals surface area contributed by atoms with Crippen LogP contribution in [0.3, 0.4) is 0 Å². The number of furan rings is 1. The highest BCUT2D eigenvalue weighted by Crippen LogP contribution is 2.38. The molecule has 142 valence electrons. The number of nitro benzene ring substituents is 1. The number of aromatic nitrogens is 1. The van der Waals surface area contributed by atoms with E-state index in [1.54, 1.807) is 18.2 Å². The zero-order valence-electron chi connectivity index (χ0n) is 14.2. The fourth-order valence-corrected chi connectivity index (χ4v) is 2.50. The molecule has 3 aromatic rings. The summed E-state index contributed by atoms with van der Waals surface area (Å²) in [5.41, 5.74) is 0.364. The third kappa shape index (κ3) is 3.56. The van der Waals surface area contributed by atoms with Crippen molar-refractivity contribution in [1.29, 1.82) is 0 Å². The van der Waals surface area contributed by atoms with Gasteiger partial charge in [0.25, 0.3) is 5.69 Å². The lowest BCUT2D eigenvalue weighted by atomic mass is 10.1. The number of hydrogen-bond acceptors (Lipinski definition) is 9. The van der Waals surface area contributed by atoms with Gasteiger partial charge in [-0.2, -0.15) is 0 Å². The predicted molar refractivity (Wildman–Crippen MR) is 92.3 cm³/mol. The molecule has 10 heteroatoms. The highest BCUT2D eigenvalue weighted by atomic mass is 16.7. The van der Waals surface area contributed by atoms with E-state index < -0.39 is 10.9 Å². The zero-order chi connectivity index (χ0) is 19.5. The summed E-state index contributed by atoms with van der Waals surface area (Å²) in [5, 5.41) is 15.0. The molecule has 0 spiro atoms. The summed E-state index contributed by atoms with van der Waals surface area (Å²) in [4.78, 5) is 22.6. The molecule has 3 heterocycles. The van der Waals surface area contributed by atoms with E-state index in [1.165, 1.54) is 24.5 Å². The van der Waals surface area contributed by atoms with Crippen molar-refractivity contribution in [2.75, 3.05) is 6.79 Å². The minimum Gasteiger partial charge on any atom is -0.461 e. The van der Waals surface area contributed by atoms with Gasteiger partial charge in [-0.15, -0.1) is 0 Å². The van der Waals surface area contributed by atoms with Crippen LogP contribution in [0.1, 0.15) is 11.3 Å². The van der Waals surface area contributed by atoms with E-state index in [2.05, 4.69) is 5.16 Å². The van der Waals surface area contributed by atoms with Crippen molar-refractivity contribution < 1.29 is 32.9 Å². The summed E-state index contributed by atoms with van der Waals surface area (Å²) in [6.45, 7) is -0.143. The van der Waals surface area contributed by atoms with Gasteiger partial charge in [0.15, 0.2) is 17.3 Å². The van der Waals surface area contributed by atoms with Crippen LogP contribution in [0.15, 0.2) is 51.6 Å². The van der Waals surface area contributed by atoms with Gasteiger partial charge in [-0.1, -0.05) is 5.16 Å². The maximum Gasteiger partial charge on any atom is 0.331 e. The minimum atomic E-state index is -0.700. The molecule has 1 aliphatic rings. The quantitative estimate of drug-likeness (QED) is 0.272. The monoisotopic (exact) mass is 384 g/mol. The predicted octanol–water partition coefficient (Wildman–Crippen LogP) is 3.33. The Bertz CT molecular complexity index is 1050. The van der Waals surface area contributed by atoms with Gasteiger partial charge in [-0.05, 0) is 24.3 Å². The molecular formula is C18H12N2O8. The Morgan fingerprint density at radius 1 is 1.25 bits per heavy atom. The van der Waals surface area contributed by atoms with Crippen LogP contribution >= 0.6 is 0 Å². The molecule has 0 saturated heterocycles. The highest BCUT2D eigenvalue weighted by molar-refractivity contribution is 5.88. The second-order valence-corrected chi connectivity index (χ2v) is 5.62. The van der Waals surface area contributed by atoms with Gasteiger partial charge in [0.1, 0.15) is 12.3 Å². The average molecular weight is 384 g/mol. The number of nitro groups is 1. The van der Waals surface area contributed by atoms with E-state index in [9.17, 15) is 14.9 Å². The molecular weight excluding hydrogens is 372 g/mol. The Labute approximate surface area is 157 Å². The Morgan fingerprint density at radius 3 is 2.82 bits per heavy atom. The van der Waals surface area contributed by atoms with Gasteiger partial charge in [0.05, 0.1) is 22.8 Å². The van der Waals surface area contributed by atoms with Crippen molar-refractivity contribution in [2.24, 2.45) is 0 Å². The van der Waals surface area contributed by atoms with Crippen molar-refractivity contribution in [1.82, 2.24) is 5.16 Å². The molecule has 0 atom stereocenters. The number of ether oxygens (including phenoxy) is 3. The number of hydrogen-bond donors (Lipinski definition) is 0. The third-order valence-corrected chi connectivity index (χ3v) is 3.80. The van der Waals surface area contributed by atoms with Crippen molar-refractivity contribution in [2.45, 2.75) is 6.61 Å². The van der Waals surface area contributed by atoms with Gasteiger partial charge in [-0.25, -0.2) is 4.79 Å². The summed E-state index contributed by atoms with van der Waals surface area (Å²) in [7, 11) is 0. The standard InChI is InChI=1S/C18H12N2O8/c21-18(25-9-12-7-17(28-19-12)14-2-1-5-24-14)4-3-11-6-15-16(27-10-26-15)8-13(11)20(22)23/h1-8H,9-10H2/b4-3+. The molecule has 0 unspecified atom stereocenters. The van der Waals surface area contributed by atoms with Gasteiger partial charge < -0.3 is 23.2 Å². The molecule has 0 aliphatic carbocycles. The lowest BCUT2D eigenvalue weighted by molar-refractivity contribution is -0.385. The molecule has 0 N–H and O–H groups in total. The van der Waals surface area contributed by atoms with E-state index in [1.807, 2.05) is 0 Å². The summed E-state index contributed by atoms with van der Waals surface area (Å²) >= 11 is 0. The minimum absolute atomic E-state index is 0.0145. The second kappa shape index (κ2) is 7.27. The van der Waals surface area contributed by atoms with Crippen molar-refractivity contribution in [3.63, 3.8) is 0 Å². The second-order valence-electron chi connectivity index (χ2n) is 5.62. The van der Waals surface area contributed by atoms with Crippen molar-refractivity contribution in [3.8, 4) is 23.0 Å². The van der Waals surface area contributed by atoms with Crippen LogP contribution in [0.25, 0.3) is 17.6 Å². The fourth-order valence-electron chi connectivity index (χ4n) is 2.50. The first kappa shape index (κ1) is 17.3. The molecule has 0 radical (unpaired) electrons. The summed E-state index contributed by atoms with van der Waals surface area (Å²) < 4.78 is 25.7. The topological polar surface area (TPSA) is 127 Å². The number of fused-ring (bicyclic) bond motifs is 1. The highest BCUT2D eigenvalue weighted by Gasteiger charge is 2.22. The van der Waals surface area contributed by atoms with Crippen LogP contribution in [0.5, 0.6) is 11.5 Å². The molecule has 1 aliphatic heterocycles. The first-order valence-corrected chi connectivity index (χ1v) is 8.02. The van der Waals surface area contributed by atoms with E-state index in [0.29, 0.717) is 23.0 Å². The molecule has 4 rings (SSSR count). The van der Waals surface area contributed by atoms with Crippen molar-refractivity contribution in [3.05, 3.63) is 64.0 Å². The number of benzene rings is 1. The van der Waals surface area contributed by atoms with Crippen LogP contribution in [0, 0.1) is 10.1 Å². The van der Waals surface area contributed by atoms with Crippen molar-refractivity contribution >= 4 is 17.7 Å². The number of carbonyl (C=O) groups is 1. The van der Waals surface area contributed by atoms with E-state index in [-0.39, 0.29) is 30.4 Å². The zero-order valence-corrected chi connectivity index (χ0v) is 14.2. The Balaban J connectivity index is 1.41. The largest absolute Gasteiger partial charge is 0.461 e. The molecule has 1 aromatic carbocycles. The van der Waals surface area contributed by atoms with Gasteiger partial charge in [0, 0.05) is 12.1 Å². The Hall–Kier alpha value is -4.08. The van der Waals surface area contributed by atoms with Gasteiger partial charge in [-0.3, -0.25) is 10.1 Å². The van der Waals surface area contributed by atoms with Gasteiger partial charge in [0.2, 0.25) is 12.6 Å². The number of nitrogens with zero attached hydrogens (tertiary/aromatic N) is 2. The molecule has 0 fully saturated rings. The summed E-state index contributed by atoms with van der Waals surface area (Å²) in [6, 6.07) is 7.67. The third-order valence-electron chi connectivity index (χ3n) is 3.80. The summed E-state index contributed by atoms with van der Waals surface area (Å²) in [5.74, 6) is 0.855. The molecule has 0 saturated carbocycles. The van der Waals surface area contributed by atoms with Crippen LogP contribution in [-0.2, 0) is 16.1 Å². The van der Waals surface area contributed by atoms with Crippen LogP contribution in [-0.4, -0.2) is 22.8 Å². The molecule has 28 heavy (non-hydrogen) atoms.